The van der Waals surface area contributed by atoms with Gasteiger partial charge in [-0.1, -0.05) is 13.0 Å². The summed E-state index contributed by atoms with van der Waals surface area (Å²) < 4.78 is 75.6. The molecule has 0 amide bonds. The minimum atomic E-state index is -4.27. The topological polar surface area (TPSA) is 9.23 Å². The molecule has 1 saturated carbocycles. The van der Waals surface area contributed by atoms with Crippen molar-refractivity contribution in [3.05, 3.63) is 70.4 Å². The van der Waals surface area contributed by atoms with Crippen molar-refractivity contribution in [2.24, 2.45) is 0 Å². The standard InChI is InChI=1S/C21H20F5O/c1-12-3-6-14(7-4-12)15-9-18(23)20(19(24)10-15)21(25,26)27-16-8-5-13(2)17(22)11-16/h5,8-11,14H,3-4,6-7H2,1-2H3. The highest BCUT2D eigenvalue weighted by atomic mass is 19.3. The highest BCUT2D eigenvalue weighted by Crippen LogP contribution is 2.40. The Hall–Kier alpha value is -2.11. The SMILES string of the molecule is C[C]1CCC(c2cc(F)c(C(F)(F)Oc3ccc(C)c(F)c3)c(F)c2)CC1. The van der Waals surface area contributed by atoms with Gasteiger partial charge in [-0.2, -0.15) is 8.78 Å². The van der Waals surface area contributed by atoms with Crippen LogP contribution in [0.4, 0.5) is 22.0 Å². The van der Waals surface area contributed by atoms with Gasteiger partial charge < -0.3 is 4.74 Å². The Morgan fingerprint density at radius 1 is 0.889 bits per heavy atom. The van der Waals surface area contributed by atoms with Crippen LogP contribution < -0.4 is 4.74 Å². The third-order valence-corrected chi connectivity index (χ3v) is 5.06. The Morgan fingerprint density at radius 2 is 1.48 bits per heavy atom. The van der Waals surface area contributed by atoms with Crippen molar-refractivity contribution in [2.75, 3.05) is 0 Å². The fourth-order valence-corrected chi connectivity index (χ4v) is 3.39. The van der Waals surface area contributed by atoms with E-state index in [0.717, 1.165) is 49.9 Å². The van der Waals surface area contributed by atoms with E-state index in [-0.39, 0.29) is 11.5 Å². The summed E-state index contributed by atoms with van der Waals surface area (Å²) in [5.41, 5.74) is -0.850. The average Bonchev–Trinajstić information content (AvgIpc) is 2.57. The molecule has 0 bridgehead atoms. The van der Waals surface area contributed by atoms with Crippen LogP contribution in [0.5, 0.6) is 5.75 Å². The minimum Gasteiger partial charge on any atom is -0.429 e. The van der Waals surface area contributed by atoms with Gasteiger partial charge in [0.05, 0.1) is 0 Å². The Labute approximate surface area is 155 Å². The van der Waals surface area contributed by atoms with Crippen LogP contribution in [0.1, 0.15) is 55.2 Å². The summed E-state index contributed by atoms with van der Waals surface area (Å²) in [6, 6.07) is 5.04. The number of hydrogen-bond acceptors (Lipinski definition) is 1. The third-order valence-electron chi connectivity index (χ3n) is 5.06. The summed E-state index contributed by atoms with van der Waals surface area (Å²) in [7, 11) is 0. The Bertz CT molecular complexity index is 802. The molecule has 1 fully saturated rings. The molecular weight excluding hydrogens is 363 g/mol. The van der Waals surface area contributed by atoms with E-state index < -0.39 is 34.9 Å². The summed E-state index contributed by atoms with van der Waals surface area (Å²) in [5.74, 6) is -2.72. The number of halogens is 5. The second kappa shape index (κ2) is 7.49. The average molecular weight is 383 g/mol. The molecule has 6 heteroatoms. The summed E-state index contributed by atoms with van der Waals surface area (Å²) >= 11 is 0. The van der Waals surface area contributed by atoms with Gasteiger partial charge in [0, 0.05) is 6.07 Å². The van der Waals surface area contributed by atoms with Gasteiger partial charge in [-0.15, -0.1) is 0 Å². The van der Waals surface area contributed by atoms with Gasteiger partial charge in [0.15, 0.2) is 0 Å². The first-order valence-electron chi connectivity index (χ1n) is 8.81. The molecule has 1 aliphatic carbocycles. The maximum atomic E-state index is 14.4. The maximum absolute atomic E-state index is 14.4. The van der Waals surface area contributed by atoms with E-state index in [1.54, 1.807) is 0 Å². The van der Waals surface area contributed by atoms with E-state index in [9.17, 15) is 22.0 Å². The lowest BCUT2D eigenvalue weighted by atomic mass is 9.79. The van der Waals surface area contributed by atoms with Crippen LogP contribution in [0.25, 0.3) is 0 Å². The number of rotatable bonds is 4. The molecule has 0 spiro atoms. The van der Waals surface area contributed by atoms with Crippen LogP contribution in [-0.2, 0) is 6.11 Å². The Balaban J connectivity index is 1.87. The van der Waals surface area contributed by atoms with Crippen LogP contribution in [0.3, 0.4) is 0 Å². The van der Waals surface area contributed by atoms with Gasteiger partial charge in [-0.25, -0.2) is 13.2 Å². The monoisotopic (exact) mass is 383 g/mol. The molecule has 0 aliphatic heterocycles. The van der Waals surface area contributed by atoms with E-state index in [2.05, 4.69) is 4.74 Å². The molecule has 145 valence electrons. The zero-order valence-corrected chi connectivity index (χ0v) is 15.1. The van der Waals surface area contributed by atoms with Gasteiger partial charge in [0.25, 0.3) is 0 Å². The summed E-state index contributed by atoms with van der Waals surface area (Å²) in [4.78, 5) is 0. The lowest BCUT2D eigenvalue weighted by Crippen LogP contribution is -2.25. The first-order valence-corrected chi connectivity index (χ1v) is 8.81. The van der Waals surface area contributed by atoms with E-state index in [4.69, 9.17) is 0 Å². The Kier molecular flexibility index (Phi) is 5.45. The largest absolute Gasteiger partial charge is 0.432 e. The predicted octanol–water partition coefficient (Wildman–Crippen LogP) is 6.79. The summed E-state index contributed by atoms with van der Waals surface area (Å²) in [6.07, 6.45) is -1.09. The van der Waals surface area contributed by atoms with E-state index in [0.29, 0.717) is 5.56 Å². The van der Waals surface area contributed by atoms with Crippen LogP contribution in [0.15, 0.2) is 30.3 Å². The fraction of sp³-hybridized carbons (Fsp3) is 0.381. The molecule has 3 rings (SSSR count). The molecule has 2 aromatic rings. The lowest BCUT2D eigenvalue weighted by Gasteiger charge is -2.27. The van der Waals surface area contributed by atoms with Crippen molar-refractivity contribution in [1.82, 2.24) is 0 Å². The molecule has 0 N–H and O–H groups in total. The van der Waals surface area contributed by atoms with E-state index in [1.807, 2.05) is 6.92 Å². The molecular formula is C21H20F5O. The molecule has 0 aromatic heterocycles. The minimum absolute atomic E-state index is 0.0625. The number of benzene rings is 2. The van der Waals surface area contributed by atoms with Crippen LogP contribution in [-0.4, -0.2) is 0 Å². The van der Waals surface area contributed by atoms with Gasteiger partial charge in [0.1, 0.15) is 28.8 Å². The molecule has 27 heavy (non-hydrogen) atoms. The van der Waals surface area contributed by atoms with Crippen molar-refractivity contribution in [2.45, 2.75) is 51.6 Å². The quantitative estimate of drug-likeness (QED) is 0.528. The molecule has 1 nitrogen and oxygen atoms in total. The maximum Gasteiger partial charge on any atom is 0.432 e. The molecule has 0 heterocycles. The zero-order valence-electron chi connectivity index (χ0n) is 15.1. The van der Waals surface area contributed by atoms with E-state index in [1.165, 1.54) is 18.9 Å². The van der Waals surface area contributed by atoms with Crippen molar-refractivity contribution in [3.63, 3.8) is 0 Å². The second-order valence-corrected chi connectivity index (χ2v) is 7.12. The molecule has 0 atom stereocenters. The lowest BCUT2D eigenvalue weighted by molar-refractivity contribution is -0.189. The van der Waals surface area contributed by atoms with Gasteiger partial charge in [0.2, 0.25) is 0 Å². The highest BCUT2D eigenvalue weighted by Gasteiger charge is 2.41. The smallest absolute Gasteiger partial charge is 0.429 e. The summed E-state index contributed by atoms with van der Waals surface area (Å²) in [5, 5.41) is 0. The van der Waals surface area contributed by atoms with Crippen molar-refractivity contribution < 1.29 is 26.7 Å². The number of aryl methyl sites for hydroxylation is 1. The molecule has 1 aliphatic rings. The van der Waals surface area contributed by atoms with Gasteiger partial charge in [-0.3, -0.25) is 0 Å². The van der Waals surface area contributed by atoms with Crippen molar-refractivity contribution in [1.29, 1.82) is 0 Å². The molecule has 2 aromatic carbocycles. The first-order chi connectivity index (χ1) is 12.7. The van der Waals surface area contributed by atoms with Crippen LogP contribution in [0.2, 0.25) is 0 Å². The number of hydrogen-bond donors (Lipinski definition) is 0. The number of alkyl halides is 2. The zero-order chi connectivity index (χ0) is 19.8. The molecule has 0 saturated heterocycles. The van der Waals surface area contributed by atoms with Crippen molar-refractivity contribution in [3.8, 4) is 5.75 Å². The first kappa shape index (κ1) is 19.6. The second-order valence-electron chi connectivity index (χ2n) is 7.12. The molecule has 1 radical (unpaired) electrons. The third kappa shape index (κ3) is 4.25. The number of ether oxygens (including phenoxy) is 1. The van der Waals surface area contributed by atoms with E-state index >= 15 is 0 Å². The van der Waals surface area contributed by atoms with Crippen LogP contribution >= 0.6 is 0 Å². The predicted molar refractivity (Wildman–Crippen MR) is 92.1 cm³/mol. The Morgan fingerprint density at radius 3 is 2.04 bits per heavy atom. The van der Waals surface area contributed by atoms with Crippen molar-refractivity contribution >= 4 is 0 Å². The normalized spacial score (nSPS) is 16.6. The molecule has 0 unspecified atom stereocenters. The summed E-state index contributed by atoms with van der Waals surface area (Å²) in [6.45, 7) is 3.49. The van der Waals surface area contributed by atoms with Gasteiger partial charge in [-0.05, 0) is 73.8 Å². The van der Waals surface area contributed by atoms with Gasteiger partial charge >= 0.3 is 6.11 Å². The highest BCUT2D eigenvalue weighted by molar-refractivity contribution is 5.33. The van der Waals surface area contributed by atoms with Crippen LogP contribution in [0, 0.1) is 30.3 Å². The fourth-order valence-electron chi connectivity index (χ4n) is 3.39.